The summed E-state index contributed by atoms with van der Waals surface area (Å²) >= 11 is 0. The van der Waals surface area contributed by atoms with Crippen molar-refractivity contribution in [2.24, 2.45) is 35.0 Å². The predicted molar refractivity (Wildman–Crippen MR) is 339 cm³/mol. The summed E-state index contributed by atoms with van der Waals surface area (Å²) in [5.41, 5.74) is 19.6. The minimum absolute atomic E-state index is 0.00324. The van der Waals surface area contributed by atoms with Crippen molar-refractivity contribution in [2.45, 2.75) is 179 Å². The molecule has 91 heavy (non-hydrogen) atoms. The molecule has 3 heterocycles. The third kappa shape index (κ3) is 21.2. The molecule has 26 heteroatoms. The van der Waals surface area contributed by atoms with Crippen LogP contribution in [0.25, 0.3) is 10.9 Å². The van der Waals surface area contributed by atoms with E-state index in [-0.39, 0.29) is 76.3 Å². The number of nitrogens with one attached hydrogen (secondary N) is 10. The van der Waals surface area contributed by atoms with Crippen molar-refractivity contribution in [2.75, 3.05) is 13.1 Å². The van der Waals surface area contributed by atoms with Crippen LogP contribution in [0.4, 0.5) is 0 Å². The minimum Gasteiger partial charge on any atom is -0.370 e. The van der Waals surface area contributed by atoms with E-state index >= 15 is 4.79 Å². The third-order valence-corrected chi connectivity index (χ3v) is 16.0. The van der Waals surface area contributed by atoms with E-state index in [4.69, 9.17) is 17.2 Å². The SMILES string of the molecule is CC(C)C[C@@H]1NC(=O)[C@H](CCCN)NC(=O)[C@H](C(C)C)NC(=O)[C@H](Cc2ccccc2)NC(=O)[C@H](CCC(N)=O)NC(=O)[C@H](CC(N)=O)NC(=O)[C@@H](Cc2c[nH]c3ccccc23)NC(=O)[C@H](CC(C)C)NC(=O)[C@@H]2CCCN2C(=O)[C@@H](Cc2ccccc2)NC1=O. The Hall–Kier alpha value is -9.20. The maximum Gasteiger partial charge on any atom is 0.246 e. The van der Waals surface area contributed by atoms with Crippen LogP contribution >= 0.6 is 0 Å². The van der Waals surface area contributed by atoms with Gasteiger partial charge in [-0.2, -0.15) is 0 Å². The highest BCUT2D eigenvalue weighted by Crippen LogP contribution is 2.23. The molecule has 0 unspecified atom stereocenters. The predicted octanol–water partition coefficient (Wildman–Crippen LogP) is 0.192. The van der Waals surface area contributed by atoms with Crippen LogP contribution in [0.2, 0.25) is 0 Å². The average Bonchev–Trinajstić information content (AvgIpc) is 1.88. The topological polar surface area (TPSA) is 410 Å². The summed E-state index contributed by atoms with van der Waals surface area (Å²) in [6.45, 7) is 10.8. The Balaban J connectivity index is 1.46. The van der Waals surface area contributed by atoms with Gasteiger partial charge in [0.25, 0.3) is 0 Å². The molecule has 12 amide bonds. The molecule has 2 aliphatic heterocycles. The summed E-state index contributed by atoms with van der Waals surface area (Å²) in [5.74, 6) is -11.5. The quantitative estimate of drug-likeness (QED) is 0.0597. The molecule has 0 spiro atoms. The fourth-order valence-electron chi connectivity index (χ4n) is 11.3. The number of fused-ring (bicyclic) bond motifs is 2. The lowest BCUT2D eigenvalue weighted by atomic mass is 9.98. The van der Waals surface area contributed by atoms with Gasteiger partial charge in [-0.1, -0.05) is 120 Å². The van der Waals surface area contributed by atoms with Gasteiger partial charge in [0.05, 0.1) is 6.42 Å². The zero-order valence-corrected chi connectivity index (χ0v) is 52.6. The first-order chi connectivity index (χ1) is 43.3. The molecule has 10 atom stereocenters. The monoisotopic (exact) mass is 1260 g/mol. The number of amides is 12. The van der Waals surface area contributed by atoms with Gasteiger partial charge in [0.15, 0.2) is 0 Å². The number of primary amides is 2. The molecule has 1 aromatic heterocycles. The lowest BCUT2D eigenvalue weighted by molar-refractivity contribution is -0.142. The van der Waals surface area contributed by atoms with E-state index in [0.717, 1.165) is 0 Å². The van der Waals surface area contributed by atoms with E-state index in [2.05, 4.69) is 52.8 Å². The highest BCUT2D eigenvalue weighted by Gasteiger charge is 2.42. The lowest BCUT2D eigenvalue weighted by Crippen LogP contribution is -2.62. The van der Waals surface area contributed by atoms with Crippen molar-refractivity contribution >= 4 is 81.8 Å². The van der Waals surface area contributed by atoms with E-state index in [1.807, 2.05) is 27.7 Å². The highest BCUT2D eigenvalue weighted by atomic mass is 16.2. The molecule has 2 fully saturated rings. The van der Waals surface area contributed by atoms with Gasteiger partial charge >= 0.3 is 0 Å². The van der Waals surface area contributed by atoms with Gasteiger partial charge in [-0.25, -0.2) is 0 Å². The van der Waals surface area contributed by atoms with E-state index in [0.29, 0.717) is 34.0 Å². The van der Waals surface area contributed by atoms with Crippen LogP contribution in [0, 0.1) is 17.8 Å². The van der Waals surface area contributed by atoms with Crippen LogP contribution in [0.1, 0.15) is 116 Å². The number of aromatic amines is 1. The number of rotatable bonds is 19. The molecule has 3 aromatic carbocycles. The number of nitrogens with two attached hydrogens (primary N) is 3. The molecular weight excluding hydrogens is 1170 g/mol. The number of carbonyl (C=O) groups is 12. The Morgan fingerprint density at radius 3 is 1.51 bits per heavy atom. The summed E-state index contributed by atoms with van der Waals surface area (Å²) in [6, 6.07) is 10.3. The maximum atomic E-state index is 15.1. The summed E-state index contributed by atoms with van der Waals surface area (Å²) in [4.78, 5) is 177. The molecule has 0 saturated carbocycles. The maximum absolute atomic E-state index is 15.1. The van der Waals surface area contributed by atoms with E-state index in [1.165, 1.54) is 4.90 Å². The van der Waals surface area contributed by atoms with Crippen molar-refractivity contribution in [1.29, 1.82) is 0 Å². The number of nitrogens with zero attached hydrogens (tertiary/aromatic N) is 1. The molecule has 2 aliphatic rings. The van der Waals surface area contributed by atoms with Gasteiger partial charge in [0.1, 0.15) is 60.4 Å². The molecule has 2 saturated heterocycles. The summed E-state index contributed by atoms with van der Waals surface area (Å²) < 4.78 is 0. The third-order valence-electron chi connectivity index (χ3n) is 16.0. The zero-order valence-electron chi connectivity index (χ0n) is 52.6. The summed E-state index contributed by atoms with van der Waals surface area (Å²) in [7, 11) is 0. The van der Waals surface area contributed by atoms with Gasteiger partial charge in [-0.15, -0.1) is 0 Å². The standard InChI is InChI=1S/C65H90N14O12/c1-36(2)29-46-59(85)77-51(32-40-19-11-8-12-20-40)65(91)79-28-16-24-52(79)63(89)76-47(30-37(3)4)58(84)74-49(33-41-35-69-43-22-14-13-21-42(41)43)60(86)75-50(34-54(68)81)61(87)70-45(25-26-53(67)80)57(83)73-48(31-39-17-9-7-10-18-39)62(88)78-55(38(5)6)64(90)71-44(23-15-27-66)56(82)72-46/h7-14,17-22,35-38,44-52,55,69H,15-16,23-34,66H2,1-6H3,(H2,67,80)(H2,68,81)(H,70,87)(H,71,90)(H,72,82)(H,73,83)(H,74,84)(H,75,86)(H,76,89)(H,77,85)(H,78,88)/t44-,45-,46-,47-,48-,49+,50-,51+,52-,55-/m0/s1. The van der Waals surface area contributed by atoms with Crippen LogP contribution in [0.3, 0.4) is 0 Å². The first-order valence-corrected chi connectivity index (χ1v) is 31.2. The Morgan fingerprint density at radius 1 is 0.495 bits per heavy atom. The van der Waals surface area contributed by atoms with E-state index in [9.17, 15) is 52.7 Å². The summed E-state index contributed by atoms with van der Waals surface area (Å²) in [5, 5.41) is 25.2. The molecule has 26 nitrogen and oxygen atoms in total. The second kappa shape index (κ2) is 34.1. The largest absolute Gasteiger partial charge is 0.370 e. The second-order valence-corrected chi connectivity index (χ2v) is 24.7. The summed E-state index contributed by atoms with van der Waals surface area (Å²) in [6.07, 6.45) is 0.373. The number of carbonyl (C=O) groups excluding carboxylic acids is 12. The molecular formula is C65H90N14O12. The van der Waals surface area contributed by atoms with E-state index < -0.39 is 156 Å². The van der Waals surface area contributed by atoms with Crippen LogP contribution in [0.5, 0.6) is 0 Å². The van der Waals surface area contributed by atoms with Crippen LogP contribution in [-0.2, 0) is 76.8 Å². The van der Waals surface area contributed by atoms with Crippen molar-refractivity contribution in [3.8, 4) is 0 Å². The molecule has 0 radical (unpaired) electrons. The number of hydrogen-bond donors (Lipinski definition) is 13. The Labute approximate surface area is 530 Å². The van der Waals surface area contributed by atoms with Gasteiger partial charge in [0.2, 0.25) is 70.9 Å². The Kier molecular flexibility index (Phi) is 26.6. The average molecular weight is 1260 g/mol. The van der Waals surface area contributed by atoms with Gasteiger partial charge in [-0.3, -0.25) is 57.5 Å². The highest BCUT2D eigenvalue weighted by molar-refractivity contribution is 6.01. The molecule has 4 aromatic rings. The molecule has 492 valence electrons. The van der Waals surface area contributed by atoms with Crippen molar-refractivity contribution in [1.82, 2.24) is 57.7 Å². The number of hydrogen-bond acceptors (Lipinski definition) is 13. The van der Waals surface area contributed by atoms with E-state index in [1.54, 1.807) is 105 Å². The van der Waals surface area contributed by atoms with Gasteiger partial charge < -0.3 is 74.9 Å². The molecule has 0 aliphatic carbocycles. The molecule has 16 N–H and O–H groups in total. The fourth-order valence-corrected chi connectivity index (χ4v) is 11.3. The van der Waals surface area contributed by atoms with Gasteiger partial charge in [0, 0.05) is 49.3 Å². The first-order valence-electron chi connectivity index (χ1n) is 31.2. The van der Waals surface area contributed by atoms with Crippen molar-refractivity contribution in [3.63, 3.8) is 0 Å². The number of aromatic nitrogens is 1. The zero-order chi connectivity index (χ0) is 66.5. The molecule has 6 rings (SSSR count). The second-order valence-electron chi connectivity index (χ2n) is 24.7. The van der Waals surface area contributed by atoms with Crippen LogP contribution in [0.15, 0.2) is 91.1 Å². The first kappa shape index (κ1) is 70.9. The minimum atomic E-state index is -1.82. The van der Waals surface area contributed by atoms with Crippen molar-refractivity contribution < 1.29 is 57.5 Å². The van der Waals surface area contributed by atoms with Crippen molar-refractivity contribution in [3.05, 3.63) is 108 Å². The fraction of sp³-hybridized carbons (Fsp3) is 0.508. The number of para-hydroxylation sites is 1. The lowest BCUT2D eigenvalue weighted by Gasteiger charge is -2.32. The Morgan fingerprint density at radius 2 is 0.945 bits per heavy atom. The Bertz CT molecular complexity index is 3210. The smallest absolute Gasteiger partial charge is 0.246 e. The number of benzene rings is 3. The van der Waals surface area contributed by atoms with Crippen LogP contribution < -0.4 is 65.1 Å². The molecule has 0 bridgehead atoms. The normalized spacial score (nSPS) is 24.3. The van der Waals surface area contributed by atoms with Gasteiger partial charge in [-0.05, 0) is 92.0 Å². The number of H-pyrrole nitrogens is 1. The van der Waals surface area contributed by atoms with Crippen LogP contribution in [-0.4, -0.2) is 154 Å².